The van der Waals surface area contributed by atoms with Crippen LogP contribution in [0.2, 0.25) is 0 Å². The maximum absolute atomic E-state index is 4.46. The molecule has 1 fully saturated rings. The second-order valence-electron chi connectivity index (χ2n) is 5.89. The quantitative estimate of drug-likeness (QED) is 0.841. The lowest BCUT2D eigenvalue weighted by molar-refractivity contribution is 0.949. The van der Waals surface area contributed by atoms with E-state index in [1.807, 2.05) is 12.4 Å². The van der Waals surface area contributed by atoms with Crippen LogP contribution in [-0.2, 0) is 0 Å². The smallest absolute Gasteiger partial charge is 0.110 e. The second kappa shape index (κ2) is 5.05. The van der Waals surface area contributed by atoms with E-state index >= 15 is 0 Å². The van der Waals surface area contributed by atoms with Crippen LogP contribution in [0.5, 0.6) is 0 Å². The number of para-hydroxylation sites is 2. The minimum atomic E-state index is 0.960. The van der Waals surface area contributed by atoms with Gasteiger partial charge in [0.1, 0.15) is 5.82 Å². The highest BCUT2D eigenvalue weighted by molar-refractivity contribution is 5.88. The Morgan fingerprint density at radius 2 is 1.68 bits per heavy atom. The van der Waals surface area contributed by atoms with E-state index in [2.05, 4.69) is 63.6 Å². The van der Waals surface area contributed by atoms with E-state index < -0.39 is 0 Å². The van der Waals surface area contributed by atoms with Crippen molar-refractivity contribution >= 4 is 22.7 Å². The van der Waals surface area contributed by atoms with Crippen LogP contribution in [0.25, 0.3) is 0 Å². The number of hydrogen-bond acceptors (Lipinski definition) is 4. The molecule has 3 heterocycles. The first-order valence-corrected chi connectivity index (χ1v) is 7.77. The first kappa shape index (κ1) is 13.2. The summed E-state index contributed by atoms with van der Waals surface area (Å²) < 4.78 is 0. The van der Waals surface area contributed by atoms with E-state index in [-0.39, 0.29) is 0 Å². The average molecular weight is 292 g/mol. The molecule has 0 atom stereocenters. The summed E-state index contributed by atoms with van der Waals surface area (Å²) in [4.78, 5) is 11.2. The predicted octanol–water partition coefficient (Wildman–Crippen LogP) is 3.74. The number of benzene rings is 1. The van der Waals surface area contributed by atoms with Crippen LogP contribution in [0.1, 0.15) is 12.8 Å². The van der Waals surface area contributed by atoms with Gasteiger partial charge in [-0.1, -0.05) is 18.7 Å². The lowest BCUT2D eigenvalue weighted by Crippen LogP contribution is -2.22. The number of pyridine rings is 1. The van der Waals surface area contributed by atoms with Gasteiger partial charge in [-0.3, -0.25) is 9.88 Å². The van der Waals surface area contributed by atoms with Crippen LogP contribution in [0.4, 0.5) is 22.7 Å². The van der Waals surface area contributed by atoms with Crippen LogP contribution in [-0.4, -0.2) is 25.1 Å². The van der Waals surface area contributed by atoms with Gasteiger partial charge in [-0.25, -0.2) is 0 Å². The lowest BCUT2D eigenvalue weighted by Gasteiger charge is -2.24. The van der Waals surface area contributed by atoms with Crippen LogP contribution >= 0.6 is 0 Å². The zero-order valence-corrected chi connectivity index (χ0v) is 12.9. The van der Waals surface area contributed by atoms with Gasteiger partial charge in [-0.05, 0) is 31.0 Å². The molecule has 1 aromatic carbocycles. The van der Waals surface area contributed by atoms with E-state index in [0.717, 1.165) is 30.3 Å². The monoisotopic (exact) mass is 292 g/mol. The van der Waals surface area contributed by atoms with Crippen molar-refractivity contribution in [3.63, 3.8) is 0 Å². The summed E-state index contributed by atoms with van der Waals surface area (Å²) in [6.07, 6.45) is 6.42. The number of hydrogen-bond donors (Lipinski definition) is 0. The van der Waals surface area contributed by atoms with Crippen LogP contribution < -0.4 is 14.7 Å². The topological polar surface area (TPSA) is 22.6 Å². The zero-order chi connectivity index (χ0) is 15.1. The number of anilines is 4. The van der Waals surface area contributed by atoms with Gasteiger partial charge in [-0.2, -0.15) is 0 Å². The fourth-order valence-electron chi connectivity index (χ4n) is 3.34. The molecule has 112 valence electrons. The Morgan fingerprint density at radius 1 is 1.00 bits per heavy atom. The van der Waals surface area contributed by atoms with Gasteiger partial charge < -0.3 is 9.80 Å². The maximum Gasteiger partial charge on any atom is 0.110 e. The van der Waals surface area contributed by atoms with Crippen LogP contribution in [0.3, 0.4) is 0 Å². The van der Waals surface area contributed by atoms with Crippen LogP contribution in [0, 0.1) is 0 Å². The Bertz CT molecular complexity index is 719. The Kier molecular flexibility index (Phi) is 3.03. The SMILES string of the molecule is C=C1N(C)c2ccccc2N1c1cncc(N2CCCC2)c1. The van der Waals surface area contributed by atoms with Crippen molar-refractivity contribution < 1.29 is 0 Å². The van der Waals surface area contributed by atoms with Gasteiger partial charge in [-0.15, -0.1) is 0 Å². The van der Waals surface area contributed by atoms with Gasteiger partial charge in [0.25, 0.3) is 0 Å². The highest BCUT2D eigenvalue weighted by Gasteiger charge is 2.28. The van der Waals surface area contributed by atoms with Crippen molar-refractivity contribution in [3.05, 3.63) is 55.1 Å². The van der Waals surface area contributed by atoms with Gasteiger partial charge in [0.05, 0.1) is 35.1 Å². The lowest BCUT2D eigenvalue weighted by atomic mass is 10.2. The first-order valence-electron chi connectivity index (χ1n) is 7.77. The zero-order valence-electron chi connectivity index (χ0n) is 12.9. The van der Waals surface area contributed by atoms with Crippen molar-refractivity contribution in [3.8, 4) is 0 Å². The molecule has 0 N–H and O–H groups in total. The van der Waals surface area contributed by atoms with Crippen molar-refractivity contribution in [1.29, 1.82) is 0 Å². The van der Waals surface area contributed by atoms with Gasteiger partial charge in [0, 0.05) is 20.1 Å². The fraction of sp³-hybridized carbons (Fsp3) is 0.278. The standard InChI is InChI=1S/C18H20N4/c1-14-20(2)17-7-3-4-8-18(17)22(14)16-11-15(12-19-13-16)21-9-5-6-10-21/h3-4,7-8,11-13H,1,5-6,9-10H2,2H3. The molecule has 4 rings (SSSR count). The number of nitrogens with zero attached hydrogens (tertiary/aromatic N) is 4. The van der Waals surface area contributed by atoms with Gasteiger partial charge >= 0.3 is 0 Å². The van der Waals surface area contributed by atoms with E-state index in [0.29, 0.717) is 0 Å². The third-order valence-corrected chi connectivity index (χ3v) is 4.57. The molecular formula is C18H20N4. The average Bonchev–Trinajstić information content (AvgIpc) is 3.17. The molecule has 0 aliphatic carbocycles. The normalized spacial score (nSPS) is 17.3. The Labute approximate surface area is 131 Å². The number of aromatic nitrogens is 1. The summed E-state index contributed by atoms with van der Waals surface area (Å²) in [5.41, 5.74) is 4.62. The van der Waals surface area contributed by atoms with E-state index in [9.17, 15) is 0 Å². The molecule has 0 saturated carbocycles. The number of fused-ring (bicyclic) bond motifs is 1. The van der Waals surface area contributed by atoms with E-state index in [1.54, 1.807) is 0 Å². The molecule has 2 aliphatic heterocycles. The summed E-state index contributed by atoms with van der Waals surface area (Å²) in [6, 6.07) is 10.6. The van der Waals surface area contributed by atoms with Crippen molar-refractivity contribution in [2.24, 2.45) is 0 Å². The molecule has 4 nitrogen and oxygen atoms in total. The summed E-state index contributed by atoms with van der Waals surface area (Å²) in [5, 5.41) is 0. The van der Waals surface area contributed by atoms with Crippen molar-refractivity contribution in [2.45, 2.75) is 12.8 Å². The molecule has 2 aliphatic rings. The second-order valence-corrected chi connectivity index (χ2v) is 5.89. The molecule has 0 spiro atoms. The highest BCUT2D eigenvalue weighted by Crippen LogP contribution is 2.44. The summed E-state index contributed by atoms with van der Waals surface area (Å²) in [5.74, 6) is 0.960. The molecule has 0 radical (unpaired) electrons. The van der Waals surface area contributed by atoms with Crippen molar-refractivity contribution in [1.82, 2.24) is 4.98 Å². The predicted molar refractivity (Wildman–Crippen MR) is 91.8 cm³/mol. The van der Waals surface area contributed by atoms with E-state index in [1.165, 1.54) is 24.2 Å². The van der Waals surface area contributed by atoms with E-state index in [4.69, 9.17) is 0 Å². The third-order valence-electron chi connectivity index (χ3n) is 4.57. The molecule has 0 amide bonds. The molecule has 4 heteroatoms. The largest absolute Gasteiger partial charge is 0.370 e. The Morgan fingerprint density at radius 3 is 2.45 bits per heavy atom. The van der Waals surface area contributed by atoms with Gasteiger partial charge in [0.2, 0.25) is 0 Å². The molecule has 1 saturated heterocycles. The van der Waals surface area contributed by atoms with Crippen LogP contribution in [0.15, 0.2) is 55.1 Å². The number of rotatable bonds is 2. The maximum atomic E-state index is 4.46. The van der Waals surface area contributed by atoms with Crippen molar-refractivity contribution in [2.75, 3.05) is 34.8 Å². The van der Waals surface area contributed by atoms with Gasteiger partial charge in [0.15, 0.2) is 0 Å². The minimum absolute atomic E-state index is 0.960. The summed E-state index contributed by atoms with van der Waals surface area (Å²) in [6.45, 7) is 6.50. The minimum Gasteiger partial charge on any atom is -0.370 e. The highest BCUT2D eigenvalue weighted by atomic mass is 15.4. The Balaban J connectivity index is 1.76. The molecular weight excluding hydrogens is 272 g/mol. The molecule has 0 bridgehead atoms. The molecule has 1 aromatic heterocycles. The molecule has 2 aromatic rings. The first-order chi connectivity index (χ1) is 10.8. The molecule has 0 unspecified atom stereocenters. The third kappa shape index (κ3) is 1.95. The summed E-state index contributed by atoms with van der Waals surface area (Å²) >= 11 is 0. The Hall–Kier alpha value is -2.49. The summed E-state index contributed by atoms with van der Waals surface area (Å²) in [7, 11) is 2.05. The molecule has 22 heavy (non-hydrogen) atoms. The fourth-order valence-corrected chi connectivity index (χ4v) is 3.34.